The van der Waals surface area contributed by atoms with Crippen LogP contribution in [-0.4, -0.2) is 23.5 Å². The topological polar surface area (TPSA) is 101 Å². The van der Waals surface area contributed by atoms with Crippen LogP contribution < -0.4 is 0 Å². The van der Waals surface area contributed by atoms with Crippen molar-refractivity contribution in [2.45, 2.75) is 11.8 Å². The van der Waals surface area contributed by atoms with E-state index >= 15 is 0 Å². The fourth-order valence-corrected chi connectivity index (χ4v) is 5.23. The first-order valence-electron chi connectivity index (χ1n) is 12.1. The lowest BCUT2D eigenvalue weighted by Crippen LogP contribution is -2.16. The Morgan fingerprint density at radius 3 is 1.21 bits per heavy atom. The number of aromatic nitrogens is 3. The van der Waals surface area contributed by atoms with E-state index in [9.17, 15) is 20.2 Å². The average molecular weight is 510 g/mol. The van der Waals surface area contributed by atoms with Gasteiger partial charge in [-0.25, -0.2) is 0 Å². The first-order chi connectivity index (χ1) is 18.3. The molecule has 9 nitrogen and oxygen atoms in total. The van der Waals surface area contributed by atoms with Gasteiger partial charge in [0.15, 0.2) is 0 Å². The van der Waals surface area contributed by atoms with Crippen LogP contribution in [0, 0.1) is 20.2 Å². The van der Waals surface area contributed by atoms with Crippen molar-refractivity contribution in [3.63, 3.8) is 0 Å². The van der Waals surface area contributed by atoms with Gasteiger partial charge in [0.25, 0.3) is 11.4 Å². The maximum Gasteiger partial charge on any atom is 0.269 e. The highest BCUT2D eigenvalue weighted by atomic mass is 16.6. The molecule has 0 saturated heterocycles. The molecule has 5 aromatic rings. The zero-order valence-electron chi connectivity index (χ0n) is 21.3. The van der Waals surface area contributed by atoms with Gasteiger partial charge in [-0.1, -0.05) is 24.3 Å². The molecular weight excluding hydrogens is 482 g/mol. The highest BCUT2D eigenvalue weighted by Gasteiger charge is 2.28. The van der Waals surface area contributed by atoms with E-state index in [2.05, 4.69) is 38.0 Å². The molecule has 5 rings (SSSR count). The SMILES string of the molecule is Cn1cccc1C(c1ccc([N+](=O)[O-])cc1)c1ccc(C(c2ccc([N+](=O)[O-])cc2)c2cccn2C)n1C. The Labute approximate surface area is 219 Å². The van der Waals surface area contributed by atoms with Crippen LogP contribution in [-0.2, 0) is 21.1 Å². The van der Waals surface area contributed by atoms with Gasteiger partial charge >= 0.3 is 0 Å². The van der Waals surface area contributed by atoms with Gasteiger partial charge in [0.2, 0.25) is 0 Å². The molecule has 2 atom stereocenters. The van der Waals surface area contributed by atoms with Crippen LogP contribution in [0.4, 0.5) is 11.4 Å². The van der Waals surface area contributed by atoms with E-state index in [0.29, 0.717) is 0 Å². The van der Waals surface area contributed by atoms with Gasteiger partial charge < -0.3 is 13.7 Å². The fourth-order valence-electron chi connectivity index (χ4n) is 5.23. The van der Waals surface area contributed by atoms with Gasteiger partial charge in [-0.3, -0.25) is 20.2 Å². The number of rotatable bonds is 8. The second kappa shape index (κ2) is 9.85. The van der Waals surface area contributed by atoms with Crippen molar-refractivity contribution in [3.05, 3.63) is 151 Å². The zero-order valence-corrected chi connectivity index (χ0v) is 21.3. The summed E-state index contributed by atoms with van der Waals surface area (Å²) in [6, 6.07) is 25.7. The lowest BCUT2D eigenvalue weighted by molar-refractivity contribution is -0.385. The van der Waals surface area contributed by atoms with Crippen molar-refractivity contribution < 1.29 is 9.85 Å². The Hall–Kier alpha value is -4.92. The van der Waals surface area contributed by atoms with Gasteiger partial charge in [-0.05, 0) is 47.5 Å². The Morgan fingerprint density at radius 1 is 0.553 bits per heavy atom. The van der Waals surface area contributed by atoms with Gasteiger partial charge in [0.1, 0.15) is 0 Å². The number of nitro groups is 2. The summed E-state index contributed by atoms with van der Waals surface area (Å²) < 4.78 is 6.28. The standard InChI is InChI=1S/C29H27N5O4/c1-30-18-4-6-24(30)28(20-8-12-22(13-9-20)33(35)36)26-16-17-27(32(26)3)29(25-7-5-19-31(25)2)21-10-14-23(15-11-21)34(37)38/h4-19,28-29H,1-3H3. The largest absolute Gasteiger partial charge is 0.354 e. The lowest BCUT2D eigenvalue weighted by Gasteiger charge is -2.24. The molecule has 0 aliphatic heterocycles. The Bertz CT molecular complexity index is 1490. The molecule has 9 heteroatoms. The second-order valence-electron chi connectivity index (χ2n) is 9.39. The number of benzene rings is 2. The predicted octanol–water partition coefficient (Wildman–Crippen LogP) is 5.88. The molecule has 3 heterocycles. The third-order valence-corrected chi connectivity index (χ3v) is 7.22. The van der Waals surface area contributed by atoms with E-state index in [0.717, 1.165) is 33.9 Å². The minimum Gasteiger partial charge on any atom is -0.354 e. The Kier molecular flexibility index (Phi) is 6.42. The van der Waals surface area contributed by atoms with Crippen LogP contribution in [0.2, 0.25) is 0 Å². The minimum atomic E-state index is -0.392. The summed E-state index contributed by atoms with van der Waals surface area (Å²) in [5.41, 5.74) is 6.14. The summed E-state index contributed by atoms with van der Waals surface area (Å²) >= 11 is 0. The van der Waals surface area contributed by atoms with Gasteiger partial charge in [-0.2, -0.15) is 0 Å². The summed E-state index contributed by atoms with van der Waals surface area (Å²) in [5, 5.41) is 22.5. The van der Waals surface area contributed by atoms with Crippen LogP contribution in [0.5, 0.6) is 0 Å². The van der Waals surface area contributed by atoms with Crippen molar-refractivity contribution in [2.24, 2.45) is 21.1 Å². The van der Waals surface area contributed by atoms with Gasteiger partial charge in [0, 0.05) is 80.6 Å². The molecular formula is C29H27N5O4. The molecule has 0 spiro atoms. The van der Waals surface area contributed by atoms with Gasteiger partial charge in [0.05, 0.1) is 21.7 Å². The summed E-state index contributed by atoms with van der Waals surface area (Å²) in [6.07, 6.45) is 3.97. The third kappa shape index (κ3) is 4.39. The molecule has 192 valence electrons. The molecule has 2 aromatic carbocycles. The number of nitrogens with zero attached hydrogens (tertiary/aromatic N) is 5. The maximum absolute atomic E-state index is 11.3. The van der Waals surface area contributed by atoms with Crippen molar-refractivity contribution in [1.82, 2.24) is 13.7 Å². The summed E-state index contributed by atoms with van der Waals surface area (Å²) in [5.74, 6) is -0.332. The molecule has 0 amide bonds. The smallest absolute Gasteiger partial charge is 0.269 e. The normalized spacial score (nSPS) is 12.8. The number of hydrogen-bond acceptors (Lipinski definition) is 4. The van der Waals surface area contributed by atoms with Crippen LogP contribution in [0.3, 0.4) is 0 Å². The van der Waals surface area contributed by atoms with Gasteiger partial charge in [-0.15, -0.1) is 0 Å². The van der Waals surface area contributed by atoms with E-state index in [-0.39, 0.29) is 23.2 Å². The fraction of sp³-hybridized carbons (Fsp3) is 0.172. The minimum absolute atomic E-state index is 0.0499. The lowest BCUT2D eigenvalue weighted by atomic mass is 9.91. The molecule has 0 saturated carbocycles. The quantitative estimate of drug-likeness (QED) is 0.193. The third-order valence-electron chi connectivity index (χ3n) is 7.22. The number of aryl methyl sites for hydroxylation is 2. The Balaban J connectivity index is 1.66. The number of non-ortho nitro benzene ring substituents is 2. The first-order valence-corrected chi connectivity index (χ1v) is 12.1. The van der Waals surface area contributed by atoms with Crippen LogP contribution in [0.25, 0.3) is 0 Å². The average Bonchev–Trinajstić information content (AvgIpc) is 3.62. The highest BCUT2D eigenvalue weighted by Crippen LogP contribution is 2.38. The van der Waals surface area contributed by atoms with E-state index in [1.54, 1.807) is 24.3 Å². The van der Waals surface area contributed by atoms with E-state index in [1.807, 2.05) is 69.9 Å². The van der Waals surface area contributed by atoms with E-state index in [1.165, 1.54) is 0 Å². The van der Waals surface area contributed by atoms with Crippen LogP contribution in [0.1, 0.15) is 45.7 Å². The molecule has 0 aliphatic rings. The van der Waals surface area contributed by atoms with Crippen molar-refractivity contribution >= 4 is 11.4 Å². The molecule has 2 unspecified atom stereocenters. The predicted molar refractivity (Wildman–Crippen MR) is 144 cm³/mol. The molecule has 3 aromatic heterocycles. The molecule has 0 bridgehead atoms. The van der Waals surface area contributed by atoms with Crippen molar-refractivity contribution in [1.29, 1.82) is 0 Å². The molecule has 38 heavy (non-hydrogen) atoms. The van der Waals surface area contributed by atoms with E-state index in [4.69, 9.17) is 0 Å². The zero-order chi connectivity index (χ0) is 27.0. The highest BCUT2D eigenvalue weighted by molar-refractivity contribution is 5.47. The number of nitro benzene ring substituents is 2. The molecule has 0 radical (unpaired) electrons. The van der Waals surface area contributed by atoms with Crippen LogP contribution in [0.15, 0.2) is 97.3 Å². The summed E-state index contributed by atoms with van der Waals surface area (Å²) in [7, 11) is 6.00. The number of hydrogen-bond donors (Lipinski definition) is 0. The van der Waals surface area contributed by atoms with Crippen LogP contribution >= 0.6 is 0 Å². The monoisotopic (exact) mass is 509 g/mol. The second-order valence-corrected chi connectivity index (χ2v) is 9.39. The van der Waals surface area contributed by atoms with Crippen molar-refractivity contribution in [2.75, 3.05) is 0 Å². The van der Waals surface area contributed by atoms with Crippen molar-refractivity contribution in [3.8, 4) is 0 Å². The molecule has 0 N–H and O–H groups in total. The maximum atomic E-state index is 11.3. The summed E-state index contributed by atoms with van der Waals surface area (Å²) in [4.78, 5) is 21.7. The Morgan fingerprint density at radius 2 is 0.921 bits per heavy atom. The van der Waals surface area contributed by atoms with E-state index < -0.39 is 9.85 Å². The summed E-state index contributed by atoms with van der Waals surface area (Å²) in [6.45, 7) is 0. The first kappa shape index (κ1) is 24.8. The molecule has 0 aliphatic carbocycles. The molecule has 0 fully saturated rings.